The molecule has 0 aliphatic rings. The van der Waals surface area contributed by atoms with Crippen LogP contribution in [0.3, 0.4) is 0 Å². The van der Waals surface area contributed by atoms with Crippen LogP contribution in [0.2, 0.25) is 0 Å². The zero-order chi connectivity index (χ0) is 18.1. The standard InChI is InChI=1S/C18H20ClNO5/c1-22-16-9-8-15(20-25-11-10-19)17(23-2)14(16)12-24-18(21)13-6-4-3-5-7-13/h3-9,20H,10-12H2,1-2H3. The molecular formula is C18H20ClNO5. The topological polar surface area (TPSA) is 66.0 Å². The first-order chi connectivity index (χ1) is 12.2. The number of hydrogen-bond donors (Lipinski definition) is 1. The van der Waals surface area contributed by atoms with Crippen molar-refractivity contribution in [3.05, 3.63) is 53.6 Å². The van der Waals surface area contributed by atoms with E-state index in [1.54, 1.807) is 36.4 Å². The molecule has 0 bridgehead atoms. The Morgan fingerprint density at radius 2 is 1.84 bits per heavy atom. The minimum atomic E-state index is -0.429. The molecule has 0 aliphatic heterocycles. The van der Waals surface area contributed by atoms with E-state index in [0.29, 0.717) is 40.8 Å². The average molecular weight is 366 g/mol. The molecule has 0 fully saturated rings. The highest BCUT2D eigenvalue weighted by Crippen LogP contribution is 2.36. The van der Waals surface area contributed by atoms with Crippen molar-refractivity contribution < 1.29 is 23.8 Å². The molecule has 134 valence electrons. The monoisotopic (exact) mass is 365 g/mol. The molecule has 0 aromatic heterocycles. The van der Waals surface area contributed by atoms with Gasteiger partial charge in [0.2, 0.25) is 0 Å². The van der Waals surface area contributed by atoms with Gasteiger partial charge in [0, 0.05) is 5.88 Å². The van der Waals surface area contributed by atoms with Crippen LogP contribution in [0.15, 0.2) is 42.5 Å². The van der Waals surface area contributed by atoms with Crippen LogP contribution in [0.25, 0.3) is 0 Å². The van der Waals surface area contributed by atoms with Gasteiger partial charge in [-0.3, -0.25) is 10.3 Å². The minimum absolute atomic E-state index is 0.00883. The summed E-state index contributed by atoms with van der Waals surface area (Å²) in [5, 5.41) is 0. The van der Waals surface area contributed by atoms with E-state index < -0.39 is 5.97 Å². The second kappa shape index (κ2) is 9.76. The summed E-state index contributed by atoms with van der Waals surface area (Å²) >= 11 is 5.59. The predicted octanol–water partition coefficient (Wildman–Crippen LogP) is 3.64. The molecule has 0 spiro atoms. The second-order valence-electron chi connectivity index (χ2n) is 4.91. The number of carbonyl (C=O) groups excluding carboxylic acids is 1. The summed E-state index contributed by atoms with van der Waals surface area (Å²) in [6, 6.07) is 12.2. The number of alkyl halides is 1. The molecule has 0 aliphatic carbocycles. The maximum absolute atomic E-state index is 12.2. The number of carbonyl (C=O) groups is 1. The quantitative estimate of drug-likeness (QED) is 0.317. The highest BCUT2D eigenvalue weighted by Gasteiger charge is 2.17. The van der Waals surface area contributed by atoms with Gasteiger partial charge in [-0.2, -0.15) is 0 Å². The maximum Gasteiger partial charge on any atom is 0.338 e. The van der Waals surface area contributed by atoms with Crippen molar-refractivity contribution in [2.45, 2.75) is 6.61 Å². The summed E-state index contributed by atoms with van der Waals surface area (Å²) in [5.41, 5.74) is 4.42. The van der Waals surface area contributed by atoms with Gasteiger partial charge >= 0.3 is 5.97 Å². The number of anilines is 1. The average Bonchev–Trinajstić information content (AvgIpc) is 2.66. The van der Waals surface area contributed by atoms with Crippen LogP contribution in [0.5, 0.6) is 11.5 Å². The molecule has 0 atom stereocenters. The third-order valence-corrected chi connectivity index (χ3v) is 3.51. The fraction of sp³-hybridized carbons (Fsp3) is 0.278. The first kappa shape index (κ1) is 18.9. The third kappa shape index (κ3) is 5.01. The van der Waals surface area contributed by atoms with E-state index >= 15 is 0 Å². The van der Waals surface area contributed by atoms with Gasteiger partial charge < -0.3 is 14.2 Å². The number of benzene rings is 2. The highest BCUT2D eigenvalue weighted by molar-refractivity contribution is 6.17. The Morgan fingerprint density at radius 3 is 2.48 bits per heavy atom. The fourth-order valence-corrected chi connectivity index (χ4v) is 2.29. The maximum atomic E-state index is 12.2. The molecule has 0 saturated heterocycles. The molecule has 0 amide bonds. The van der Waals surface area contributed by atoms with Crippen LogP contribution in [0.1, 0.15) is 15.9 Å². The lowest BCUT2D eigenvalue weighted by Gasteiger charge is -2.17. The smallest absolute Gasteiger partial charge is 0.338 e. The minimum Gasteiger partial charge on any atom is -0.496 e. The number of ether oxygens (including phenoxy) is 3. The normalized spacial score (nSPS) is 10.2. The van der Waals surface area contributed by atoms with Crippen LogP contribution in [0.4, 0.5) is 5.69 Å². The Morgan fingerprint density at radius 1 is 1.08 bits per heavy atom. The molecule has 7 heteroatoms. The van der Waals surface area contributed by atoms with Crippen molar-refractivity contribution in [3.8, 4) is 11.5 Å². The third-order valence-electron chi connectivity index (χ3n) is 3.36. The molecule has 25 heavy (non-hydrogen) atoms. The lowest BCUT2D eigenvalue weighted by Crippen LogP contribution is -2.10. The lowest BCUT2D eigenvalue weighted by atomic mass is 10.1. The fourth-order valence-electron chi connectivity index (χ4n) is 2.21. The summed E-state index contributed by atoms with van der Waals surface area (Å²) in [5.74, 6) is 0.935. The van der Waals surface area contributed by atoms with E-state index in [9.17, 15) is 4.79 Å². The Hall–Kier alpha value is -2.44. The molecule has 0 radical (unpaired) electrons. The molecule has 6 nitrogen and oxygen atoms in total. The van der Waals surface area contributed by atoms with Gasteiger partial charge in [0.1, 0.15) is 18.0 Å². The van der Waals surface area contributed by atoms with Gasteiger partial charge in [-0.05, 0) is 24.3 Å². The van der Waals surface area contributed by atoms with Gasteiger partial charge in [0.15, 0.2) is 5.75 Å². The van der Waals surface area contributed by atoms with E-state index in [2.05, 4.69) is 5.48 Å². The molecular weight excluding hydrogens is 346 g/mol. The van der Waals surface area contributed by atoms with Crippen LogP contribution in [-0.4, -0.2) is 32.7 Å². The van der Waals surface area contributed by atoms with Crippen LogP contribution >= 0.6 is 11.6 Å². The summed E-state index contributed by atoms with van der Waals surface area (Å²) in [7, 11) is 3.05. The molecule has 0 saturated carbocycles. The van der Waals surface area contributed by atoms with E-state index in [1.807, 2.05) is 6.07 Å². The summed E-state index contributed by atoms with van der Waals surface area (Å²) in [4.78, 5) is 17.4. The van der Waals surface area contributed by atoms with E-state index in [4.69, 9.17) is 30.6 Å². The Balaban J connectivity index is 2.19. The van der Waals surface area contributed by atoms with Gasteiger partial charge in [-0.15, -0.1) is 11.6 Å². The van der Waals surface area contributed by atoms with Gasteiger partial charge in [-0.25, -0.2) is 4.79 Å². The molecule has 2 aromatic carbocycles. The lowest BCUT2D eigenvalue weighted by molar-refractivity contribution is 0.0467. The molecule has 2 aromatic rings. The number of halogens is 1. The van der Waals surface area contributed by atoms with Gasteiger partial charge in [0.25, 0.3) is 0 Å². The zero-order valence-corrected chi connectivity index (χ0v) is 14.8. The molecule has 0 heterocycles. The number of esters is 1. The number of methoxy groups -OCH3 is 2. The van der Waals surface area contributed by atoms with E-state index in [-0.39, 0.29) is 6.61 Å². The van der Waals surface area contributed by atoms with Gasteiger partial charge in [0.05, 0.1) is 32.0 Å². The van der Waals surface area contributed by atoms with E-state index in [0.717, 1.165) is 0 Å². The SMILES string of the molecule is COc1ccc(NOCCCl)c(OC)c1COC(=O)c1ccccc1. The van der Waals surface area contributed by atoms with Crippen molar-refractivity contribution in [2.24, 2.45) is 0 Å². The van der Waals surface area contributed by atoms with Crippen LogP contribution < -0.4 is 15.0 Å². The summed E-state index contributed by atoms with van der Waals surface area (Å²) < 4.78 is 16.2. The van der Waals surface area contributed by atoms with Crippen molar-refractivity contribution in [3.63, 3.8) is 0 Å². The largest absolute Gasteiger partial charge is 0.496 e. The van der Waals surface area contributed by atoms with E-state index in [1.165, 1.54) is 14.2 Å². The molecule has 1 N–H and O–H groups in total. The van der Waals surface area contributed by atoms with Crippen molar-refractivity contribution in [2.75, 3.05) is 32.2 Å². The number of nitrogens with one attached hydrogen (secondary N) is 1. The first-order valence-corrected chi connectivity index (χ1v) is 8.14. The Kier molecular flexibility index (Phi) is 7.37. The van der Waals surface area contributed by atoms with Crippen LogP contribution in [-0.2, 0) is 16.2 Å². The number of hydrogen-bond acceptors (Lipinski definition) is 6. The van der Waals surface area contributed by atoms with Crippen molar-refractivity contribution >= 4 is 23.3 Å². The number of rotatable bonds is 9. The Bertz CT molecular complexity index is 693. The molecule has 2 rings (SSSR count). The highest BCUT2D eigenvalue weighted by atomic mass is 35.5. The summed E-state index contributed by atoms with van der Waals surface area (Å²) in [6.07, 6.45) is 0. The zero-order valence-electron chi connectivity index (χ0n) is 14.1. The molecule has 0 unspecified atom stereocenters. The second-order valence-corrected chi connectivity index (χ2v) is 5.29. The van der Waals surface area contributed by atoms with Crippen LogP contribution in [0, 0.1) is 0 Å². The van der Waals surface area contributed by atoms with Crippen molar-refractivity contribution in [1.82, 2.24) is 0 Å². The Labute approximate surface area is 151 Å². The van der Waals surface area contributed by atoms with Gasteiger partial charge in [-0.1, -0.05) is 18.2 Å². The summed E-state index contributed by atoms with van der Waals surface area (Å²) in [6.45, 7) is 0.320. The first-order valence-electron chi connectivity index (χ1n) is 7.61. The predicted molar refractivity (Wildman–Crippen MR) is 95.4 cm³/mol. The van der Waals surface area contributed by atoms with Crippen molar-refractivity contribution in [1.29, 1.82) is 0 Å².